The number of furan rings is 1. The highest BCUT2D eigenvalue weighted by molar-refractivity contribution is 7.71. The minimum atomic E-state index is -0.594. The molecule has 0 aliphatic rings. The van der Waals surface area contributed by atoms with Crippen LogP contribution in [0.5, 0.6) is 0 Å². The van der Waals surface area contributed by atoms with Crippen LogP contribution in [0.4, 0.5) is 5.88 Å². The number of nitro groups is 1. The number of hydrogen-bond acceptors (Lipinski definition) is 7. The molecule has 0 aliphatic carbocycles. The molecule has 1 N–H and O–H groups in total. The summed E-state index contributed by atoms with van der Waals surface area (Å²) in [5.41, 5.74) is 0. The third kappa shape index (κ3) is 3.33. The number of hydrogen-bond donors (Lipinski definition) is 1. The van der Waals surface area contributed by atoms with Gasteiger partial charge in [0, 0.05) is 6.21 Å². The van der Waals surface area contributed by atoms with Gasteiger partial charge in [0.05, 0.1) is 10.9 Å². The Labute approximate surface area is 138 Å². The maximum atomic E-state index is 10.5. The van der Waals surface area contributed by atoms with Gasteiger partial charge in [-0.3, -0.25) is 10.1 Å². The molecule has 23 heavy (non-hydrogen) atoms. The van der Waals surface area contributed by atoms with Gasteiger partial charge in [-0.1, -0.05) is 6.07 Å². The van der Waals surface area contributed by atoms with Crippen LogP contribution in [-0.4, -0.2) is 26.0 Å². The van der Waals surface area contributed by atoms with Gasteiger partial charge in [-0.25, -0.2) is 5.10 Å². The number of nitrogens with zero attached hydrogens (tertiary/aromatic N) is 4. The van der Waals surface area contributed by atoms with E-state index in [1.807, 2.05) is 17.5 Å². The summed E-state index contributed by atoms with van der Waals surface area (Å²) >= 11 is 6.66. The summed E-state index contributed by atoms with van der Waals surface area (Å²) in [6.07, 6.45) is 4.65. The zero-order chi connectivity index (χ0) is 16.2. The fourth-order valence-electron chi connectivity index (χ4n) is 1.74. The van der Waals surface area contributed by atoms with Crippen molar-refractivity contribution in [3.05, 3.63) is 56.4 Å². The molecule has 116 valence electrons. The Kier molecular flexibility index (Phi) is 4.26. The van der Waals surface area contributed by atoms with E-state index in [1.165, 1.54) is 34.4 Å². The first-order valence-corrected chi connectivity index (χ1v) is 7.60. The molecule has 3 rings (SSSR count). The molecule has 3 aromatic heterocycles. The molecular weight excluding hydrogens is 338 g/mol. The number of thiophene rings is 1. The van der Waals surface area contributed by atoms with E-state index >= 15 is 0 Å². The van der Waals surface area contributed by atoms with Crippen molar-refractivity contribution in [3.8, 4) is 10.7 Å². The molecule has 3 aromatic rings. The van der Waals surface area contributed by atoms with Gasteiger partial charge in [-0.15, -0.1) is 11.3 Å². The maximum Gasteiger partial charge on any atom is 0.433 e. The Balaban J connectivity index is 1.78. The topological polar surface area (TPSA) is 102 Å². The van der Waals surface area contributed by atoms with E-state index in [1.54, 1.807) is 12.2 Å². The Morgan fingerprint density at radius 1 is 1.48 bits per heavy atom. The zero-order valence-corrected chi connectivity index (χ0v) is 13.1. The van der Waals surface area contributed by atoms with Gasteiger partial charge >= 0.3 is 5.88 Å². The number of rotatable bonds is 5. The monoisotopic (exact) mass is 347 g/mol. The van der Waals surface area contributed by atoms with Gasteiger partial charge in [-0.05, 0) is 41.9 Å². The van der Waals surface area contributed by atoms with Gasteiger partial charge in [-0.2, -0.15) is 14.9 Å². The van der Waals surface area contributed by atoms with Gasteiger partial charge in [0.2, 0.25) is 4.77 Å². The molecule has 0 atom stereocenters. The van der Waals surface area contributed by atoms with Crippen molar-refractivity contribution >= 4 is 41.7 Å². The van der Waals surface area contributed by atoms with Gasteiger partial charge in [0.15, 0.2) is 5.82 Å². The first kappa shape index (κ1) is 15.1. The molecule has 10 heteroatoms. The van der Waals surface area contributed by atoms with E-state index in [9.17, 15) is 10.1 Å². The lowest BCUT2D eigenvalue weighted by Gasteiger charge is -1.95. The van der Waals surface area contributed by atoms with E-state index in [0.29, 0.717) is 16.4 Å². The summed E-state index contributed by atoms with van der Waals surface area (Å²) in [7, 11) is 0. The van der Waals surface area contributed by atoms with Crippen LogP contribution in [0.25, 0.3) is 16.8 Å². The van der Waals surface area contributed by atoms with Gasteiger partial charge in [0.1, 0.15) is 10.7 Å². The molecule has 0 aliphatic heterocycles. The number of nitrogens with one attached hydrogen (secondary N) is 1. The Morgan fingerprint density at radius 3 is 3.04 bits per heavy atom. The summed E-state index contributed by atoms with van der Waals surface area (Å²) in [4.78, 5) is 10.9. The van der Waals surface area contributed by atoms with Crippen LogP contribution in [0.1, 0.15) is 5.76 Å². The van der Waals surface area contributed by atoms with Crippen LogP contribution in [0.2, 0.25) is 0 Å². The van der Waals surface area contributed by atoms with E-state index < -0.39 is 4.92 Å². The first-order valence-electron chi connectivity index (χ1n) is 6.31. The number of allylic oxidation sites excluding steroid dienone is 1. The van der Waals surface area contributed by atoms with Gasteiger partial charge in [0.25, 0.3) is 0 Å². The predicted octanol–water partition coefficient (Wildman–Crippen LogP) is 3.72. The lowest BCUT2D eigenvalue weighted by Crippen LogP contribution is -1.91. The smallest absolute Gasteiger partial charge is 0.401 e. The standard InChI is InChI=1S/C13H9N5O3S2/c19-18(20)11-6-5-9(21-11)3-1-7-14-17-12(15-16-13(17)22)10-4-2-8-23-10/h1-8H,(H,16,22)/b3-1+,14-7-. The van der Waals surface area contributed by atoms with Crippen molar-refractivity contribution in [3.63, 3.8) is 0 Å². The molecule has 0 amide bonds. The van der Waals surface area contributed by atoms with E-state index in [-0.39, 0.29) is 5.88 Å². The molecule has 3 heterocycles. The zero-order valence-electron chi connectivity index (χ0n) is 11.4. The third-order valence-corrected chi connectivity index (χ3v) is 3.84. The molecule has 0 radical (unpaired) electrons. The normalized spacial score (nSPS) is 11.7. The Hall–Kier alpha value is -2.85. The molecule has 0 spiro atoms. The molecule has 0 fully saturated rings. The second-order valence-electron chi connectivity index (χ2n) is 4.20. The van der Waals surface area contributed by atoms with Crippen molar-refractivity contribution in [2.45, 2.75) is 0 Å². The molecule has 0 saturated heterocycles. The molecule has 8 nitrogen and oxygen atoms in total. The van der Waals surface area contributed by atoms with Crippen LogP contribution in [0, 0.1) is 14.9 Å². The average molecular weight is 347 g/mol. The van der Waals surface area contributed by atoms with Crippen LogP contribution < -0.4 is 0 Å². The lowest BCUT2D eigenvalue weighted by molar-refractivity contribution is -0.402. The number of aromatic nitrogens is 3. The number of H-pyrrole nitrogens is 1. The lowest BCUT2D eigenvalue weighted by atomic mass is 10.4. The van der Waals surface area contributed by atoms with E-state index in [4.69, 9.17) is 16.6 Å². The minimum Gasteiger partial charge on any atom is -0.401 e. The summed E-state index contributed by atoms with van der Waals surface area (Å²) in [6, 6.07) is 6.62. The van der Waals surface area contributed by atoms with Crippen molar-refractivity contribution in [2.24, 2.45) is 5.10 Å². The quantitative estimate of drug-likeness (QED) is 0.328. The average Bonchev–Trinajstić information content (AvgIpc) is 3.25. The fraction of sp³-hybridized carbons (Fsp3) is 0. The largest absolute Gasteiger partial charge is 0.433 e. The molecule has 0 unspecified atom stereocenters. The highest BCUT2D eigenvalue weighted by Crippen LogP contribution is 2.22. The van der Waals surface area contributed by atoms with Crippen molar-refractivity contribution in [1.29, 1.82) is 0 Å². The second kappa shape index (κ2) is 6.50. The van der Waals surface area contributed by atoms with Crippen molar-refractivity contribution in [1.82, 2.24) is 14.9 Å². The van der Waals surface area contributed by atoms with Crippen molar-refractivity contribution in [2.75, 3.05) is 0 Å². The van der Waals surface area contributed by atoms with Crippen LogP contribution in [-0.2, 0) is 0 Å². The molecule has 0 aromatic carbocycles. The predicted molar refractivity (Wildman–Crippen MR) is 89.0 cm³/mol. The molecule has 0 saturated carbocycles. The number of aromatic amines is 1. The summed E-state index contributed by atoms with van der Waals surface area (Å²) in [5.74, 6) is 0.666. The summed E-state index contributed by atoms with van der Waals surface area (Å²) < 4.78 is 6.86. The SMILES string of the molecule is O=[N+]([O-])c1ccc(/C=C/C=N\n2c(-c3cccs3)n[nH]c2=S)o1. The second-order valence-corrected chi connectivity index (χ2v) is 5.53. The van der Waals surface area contributed by atoms with E-state index in [0.717, 1.165) is 4.88 Å². The Bertz CT molecular complexity index is 933. The highest BCUT2D eigenvalue weighted by atomic mass is 32.1. The Morgan fingerprint density at radius 2 is 2.35 bits per heavy atom. The van der Waals surface area contributed by atoms with Crippen LogP contribution >= 0.6 is 23.6 Å². The third-order valence-electron chi connectivity index (χ3n) is 2.71. The molecular formula is C13H9N5O3S2. The fourth-order valence-corrected chi connectivity index (χ4v) is 2.61. The summed E-state index contributed by atoms with van der Waals surface area (Å²) in [6.45, 7) is 0. The first-order chi connectivity index (χ1) is 11.1. The highest BCUT2D eigenvalue weighted by Gasteiger charge is 2.10. The van der Waals surface area contributed by atoms with Crippen molar-refractivity contribution < 1.29 is 9.34 Å². The summed E-state index contributed by atoms with van der Waals surface area (Å²) in [5, 5.41) is 23.5. The molecule has 0 bridgehead atoms. The van der Waals surface area contributed by atoms with Crippen LogP contribution in [0.3, 0.4) is 0 Å². The van der Waals surface area contributed by atoms with E-state index in [2.05, 4.69) is 15.3 Å². The maximum absolute atomic E-state index is 10.5. The minimum absolute atomic E-state index is 0.307. The van der Waals surface area contributed by atoms with Gasteiger partial charge < -0.3 is 4.42 Å². The van der Waals surface area contributed by atoms with Crippen LogP contribution in [0.15, 0.2) is 45.2 Å².